The molecule has 1 heterocycles. The van der Waals surface area contributed by atoms with Crippen LogP contribution < -0.4 is 15.8 Å². The van der Waals surface area contributed by atoms with Crippen molar-refractivity contribution >= 4 is 17.3 Å². The van der Waals surface area contributed by atoms with Crippen LogP contribution in [0.15, 0.2) is 35.1 Å². The van der Waals surface area contributed by atoms with Gasteiger partial charge in [0, 0.05) is 36.2 Å². The number of anilines is 3. The summed E-state index contributed by atoms with van der Waals surface area (Å²) in [5.41, 5.74) is 2.74. The van der Waals surface area contributed by atoms with E-state index in [-0.39, 0.29) is 5.56 Å². The van der Waals surface area contributed by atoms with E-state index in [1.807, 2.05) is 19.1 Å². The standard InChI is InChI=1S/C16H22N4O/c1-4-12-11-15(21)19-16(17-12)18-13-7-9-14(10-8-13)20(5-2)6-3/h7-11H,4-6H2,1-3H3,(H2,17,18,19,21). The summed E-state index contributed by atoms with van der Waals surface area (Å²) in [7, 11) is 0. The molecule has 0 unspecified atom stereocenters. The molecule has 0 radical (unpaired) electrons. The number of hydrogen-bond donors (Lipinski definition) is 2. The molecule has 0 atom stereocenters. The van der Waals surface area contributed by atoms with Crippen LogP contribution in [0.3, 0.4) is 0 Å². The number of aryl methyl sites for hydroxylation is 1. The first-order chi connectivity index (χ1) is 10.2. The third-order valence-electron chi connectivity index (χ3n) is 3.42. The van der Waals surface area contributed by atoms with Gasteiger partial charge in [-0.2, -0.15) is 0 Å². The summed E-state index contributed by atoms with van der Waals surface area (Å²) in [5, 5.41) is 3.14. The van der Waals surface area contributed by atoms with Gasteiger partial charge < -0.3 is 10.2 Å². The molecule has 21 heavy (non-hydrogen) atoms. The predicted octanol–water partition coefficient (Wildman–Crippen LogP) is 2.92. The molecule has 112 valence electrons. The molecule has 2 N–H and O–H groups in total. The highest BCUT2D eigenvalue weighted by atomic mass is 16.1. The summed E-state index contributed by atoms with van der Waals surface area (Å²) in [6, 6.07) is 9.64. The highest BCUT2D eigenvalue weighted by Crippen LogP contribution is 2.19. The van der Waals surface area contributed by atoms with E-state index < -0.39 is 0 Å². The molecule has 0 fully saturated rings. The summed E-state index contributed by atoms with van der Waals surface area (Å²) in [5.74, 6) is 0.481. The highest BCUT2D eigenvalue weighted by molar-refractivity contribution is 5.59. The molecule has 0 spiro atoms. The third-order valence-corrected chi connectivity index (χ3v) is 3.42. The lowest BCUT2D eigenvalue weighted by molar-refractivity contribution is 0.866. The number of rotatable bonds is 6. The molecule has 0 aliphatic heterocycles. The average molecular weight is 286 g/mol. The lowest BCUT2D eigenvalue weighted by atomic mass is 10.2. The Hall–Kier alpha value is -2.30. The SMILES string of the molecule is CCc1cc(=O)[nH]c(Nc2ccc(N(CC)CC)cc2)n1. The van der Waals surface area contributed by atoms with Crippen LogP contribution in [-0.4, -0.2) is 23.1 Å². The van der Waals surface area contributed by atoms with Gasteiger partial charge in [-0.05, 0) is 44.5 Å². The topological polar surface area (TPSA) is 61.0 Å². The quantitative estimate of drug-likeness (QED) is 0.857. The predicted molar refractivity (Wildman–Crippen MR) is 87.5 cm³/mol. The number of aromatic amines is 1. The van der Waals surface area contributed by atoms with Crippen molar-refractivity contribution in [3.63, 3.8) is 0 Å². The van der Waals surface area contributed by atoms with Gasteiger partial charge in [-0.15, -0.1) is 0 Å². The molecule has 0 bridgehead atoms. The molecule has 0 saturated carbocycles. The number of nitrogens with one attached hydrogen (secondary N) is 2. The molecular weight excluding hydrogens is 264 g/mol. The summed E-state index contributed by atoms with van der Waals surface area (Å²) in [6.07, 6.45) is 0.736. The van der Waals surface area contributed by atoms with Crippen molar-refractivity contribution in [2.75, 3.05) is 23.3 Å². The summed E-state index contributed by atoms with van der Waals surface area (Å²) < 4.78 is 0. The maximum atomic E-state index is 11.5. The van der Waals surface area contributed by atoms with Gasteiger partial charge in [0.1, 0.15) is 0 Å². The Bertz CT molecular complexity index is 629. The third kappa shape index (κ3) is 3.84. The normalized spacial score (nSPS) is 10.4. The number of hydrogen-bond acceptors (Lipinski definition) is 4. The molecular formula is C16H22N4O. The van der Waals surface area contributed by atoms with Crippen molar-refractivity contribution in [2.24, 2.45) is 0 Å². The van der Waals surface area contributed by atoms with E-state index in [0.29, 0.717) is 5.95 Å². The Morgan fingerprint density at radius 3 is 2.38 bits per heavy atom. The van der Waals surface area contributed by atoms with Gasteiger partial charge in [0.15, 0.2) is 0 Å². The fourth-order valence-corrected chi connectivity index (χ4v) is 2.23. The Kier molecular flexibility index (Phi) is 4.98. The molecule has 5 heteroatoms. The van der Waals surface area contributed by atoms with Gasteiger partial charge in [-0.25, -0.2) is 4.98 Å². The van der Waals surface area contributed by atoms with Crippen LogP contribution in [0.25, 0.3) is 0 Å². The van der Waals surface area contributed by atoms with E-state index in [1.165, 1.54) is 11.8 Å². The van der Waals surface area contributed by atoms with Crippen molar-refractivity contribution in [1.82, 2.24) is 9.97 Å². The van der Waals surface area contributed by atoms with Gasteiger partial charge in [0.2, 0.25) is 5.95 Å². The number of H-pyrrole nitrogens is 1. The molecule has 0 amide bonds. The Morgan fingerprint density at radius 2 is 1.81 bits per heavy atom. The average Bonchev–Trinajstić information content (AvgIpc) is 2.49. The second-order valence-electron chi connectivity index (χ2n) is 4.78. The van der Waals surface area contributed by atoms with Crippen molar-refractivity contribution in [3.05, 3.63) is 46.4 Å². The summed E-state index contributed by atoms with van der Waals surface area (Å²) in [4.78, 5) is 20.9. The molecule has 1 aromatic heterocycles. The van der Waals surface area contributed by atoms with Crippen LogP contribution in [0.2, 0.25) is 0 Å². The largest absolute Gasteiger partial charge is 0.372 e. The van der Waals surface area contributed by atoms with Crippen LogP contribution in [0.1, 0.15) is 26.5 Å². The Labute approximate surface area is 125 Å². The molecule has 2 rings (SSSR count). The van der Waals surface area contributed by atoms with Crippen LogP contribution in [0, 0.1) is 0 Å². The van der Waals surface area contributed by atoms with E-state index in [1.54, 1.807) is 0 Å². The van der Waals surface area contributed by atoms with Crippen LogP contribution in [0.4, 0.5) is 17.3 Å². The molecule has 5 nitrogen and oxygen atoms in total. The fourth-order valence-electron chi connectivity index (χ4n) is 2.23. The second-order valence-corrected chi connectivity index (χ2v) is 4.78. The highest BCUT2D eigenvalue weighted by Gasteiger charge is 2.03. The van der Waals surface area contributed by atoms with Gasteiger partial charge >= 0.3 is 0 Å². The number of aromatic nitrogens is 2. The van der Waals surface area contributed by atoms with E-state index in [4.69, 9.17) is 0 Å². The minimum atomic E-state index is -0.135. The smallest absolute Gasteiger partial charge is 0.252 e. The van der Waals surface area contributed by atoms with Crippen LogP contribution in [-0.2, 0) is 6.42 Å². The van der Waals surface area contributed by atoms with Gasteiger partial charge in [0.25, 0.3) is 5.56 Å². The Balaban J connectivity index is 2.17. The maximum absolute atomic E-state index is 11.5. The van der Waals surface area contributed by atoms with Gasteiger partial charge in [-0.3, -0.25) is 9.78 Å². The van der Waals surface area contributed by atoms with E-state index in [9.17, 15) is 4.79 Å². The van der Waals surface area contributed by atoms with E-state index >= 15 is 0 Å². The number of nitrogens with zero attached hydrogens (tertiary/aromatic N) is 2. The van der Waals surface area contributed by atoms with Crippen LogP contribution >= 0.6 is 0 Å². The zero-order valence-corrected chi connectivity index (χ0v) is 12.8. The minimum Gasteiger partial charge on any atom is -0.372 e. The molecule has 2 aromatic rings. The second kappa shape index (κ2) is 6.92. The monoisotopic (exact) mass is 286 g/mol. The molecule has 1 aromatic carbocycles. The lowest BCUT2D eigenvalue weighted by Gasteiger charge is -2.21. The Morgan fingerprint density at radius 1 is 1.14 bits per heavy atom. The first kappa shape index (κ1) is 15.1. The van der Waals surface area contributed by atoms with Crippen molar-refractivity contribution in [2.45, 2.75) is 27.2 Å². The van der Waals surface area contributed by atoms with Crippen molar-refractivity contribution in [3.8, 4) is 0 Å². The number of benzene rings is 1. The first-order valence-electron chi connectivity index (χ1n) is 7.38. The maximum Gasteiger partial charge on any atom is 0.252 e. The first-order valence-corrected chi connectivity index (χ1v) is 7.38. The van der Waals surface area contributed by atoms with Crippen LogP contribution in [0.5, 0.6) is 0 Å². The fraction of sp³-hybridized carbons (Fsp3) is 0.375. The zero-order valence-electron chi connectivity index (χ0n) is 12.8. The van der Waals surface area contributed by atoms with E-state index in [2.05, 4.69) is 46.2 Å². The van der Waals surface area contributed by atoms with Crippen molar-refractivity contribution < 1.29 is 0 Å². The summed E-state index contributed by atoms with van der Waals surface area (Å²) in [6.45, 7) is 8.22. The summed E-state index contributed by atoms with van der Waals surface area (Å²) >= 11 is 0. The molecule has 0 saturated heterocycles. The van der Waals surface area contributed by atoms with Gasteiger partial charge in [-0.1, -0.05) is 6.92 Å². The molecule has 0 aliphatic rings. The van der Waals surface area contributed by atoms with Gasteiger partial charge in [0.05, 0.1) is 0 Å². The minimum absolute atomic E-state index is 0.135. The van der Waals surface area contributed by atoms with Crippen molar-refractivity contribution in [1.29, 1.82) is 0 Å². The van der Waals surface area contributed by atoms with E-state index in [0.717, 1.165) is 30.9 Å². The lowest BCUT2D eigenvalue weighted by Crippen LogP contribution is -2.21. The molecule has 0 aliphatic carbocycles. The zero-order chi connectivity index (χ0) is 15.2.